The van der Waals surface area contributed by atoms with E-state index in [1.807, 2.05) is 72.9 Å². The quantitative estimate of drug-likeness (QED) is 0.198. The van der Waals surface area contributed by atoms with Crippen LogP contribution in [0, 0.1) is 0 Å². The summed E-state index contributed by atoms with van der Waals surface area (Å²) in [6.07, 6.45) is 1.85. The summed E-state index contributed by atoms with van der Waals surface area (Å²) < 4.78 is 4.61. The lowest BCUT2D eigenvalue weighted by Crippen LogP contribution is -2.07. The molecule has 10 aromatic rings. The van der Waals surface area contributed by atoms with Gasteiger partial charge in [-0.05, 0) is 36.4 Å². The van der Waals surface area contributed by atoms with E-state index in [0.717, 1.165) is 65.9 Å². The fraction of sp³-hybridized carbons (Fsp3) is 0. The molecule has 0 atom stereocenters. The van der Waals surface area contributed by atoms with Gasteiger partial charge < -0.3 is 4.57 Å². The van der Waals surface area contributed by atoms with Crippen molar-refractivity contribution in [1.82, 2.24) is 29.1 Å². The third kappa shape index (κ3) is 3.93. The Balaban J connectivity index is 1.44. The zero-order chi connectivity index (χ0) is 31.6. The Morgan fingerprint density at radius 1 is 0.396 bits per heavy atom. The van der Waals surface area contributed by atoms with Gasteiger partial charge in [0.2, 0.25) is 5.95 Å². The largest absolute Gasteiger partial charge is 0.307 e. The minimum atomic E-state index is 0.559. The molecule has 0 aliphatic carbocycles. The Bertz CT molecular complexity index is 2760. The second-order valence-electron chi connectivity index (χ2n) is 11.9. The van der Waals surface area contributed by atoms with Crippen LogP contribution in [0.15, 0.2) is 158 Å². The van der Waals surface area contributed by atoms with Crippen molar-refractivity contribution in [2.45, 2.75) is 0 Å². The van der Waals surface area contributed by atoms with E-state index in [2.05, 4.69) is 94.1 Å². The number of hydrogen-bond acceptors (Lipinski definition) is 4. The van der Waals surface area contributed by atoms with Gasteiger partial charge in [-0.3, -0.25) is 9.55 Å². The van der Waals surface area contributed by atoms with Crippen LogP contribution in [0.25, 0.3) is 88.9 Å². The Morgan fingerprint density at radius 3 is 1.73 bits per heavy atom. The topological polar surface area (TPSA) is 61.4 Å². The van der Waals surface area contributed by atoms with E-state index in [1.165, 1.54) is 5.39 Å². The minimum absolute atomic E-state index is 0.559. The molecule has 6 aromatic carbocycles. The van der Waals surface area contributed by atoms with E-state index in [4.69, 9.17) is 19.9 Å². The second-order valence-corrected chi connectivity index (χ2v) is 11.9. The van der Waals surface area contributed by atoms with E-state index in [-0.39, 0.29) is 0 Å². The smallest absolute Gasteiger partial charge is 0.238 e. The summed E-state index contributed by atoms with van der Waals surface area (Å²) in [6.45, 7) is 0. The van der Waals surface area contributed by atoms with Gasteiger partial charge in [-0.25, -0.2) is 4.98 Å². The molecule has 0 spiro atoms. The fourth-order valence-electron chi connectivity index (χ4n) is 7.15. The molecule has 0 fully saturated rings. The Kier molecular flexibility index (Phi) is 5.77. The number of benzene rings is 6. The van der Waals surface area contributed by atoms with Crippen LogP contribution in [0.3, 0.4) is 0 Å². The first-order chi connectivity index (χ1) is 23.8. The molecule has 10 rings (SSSR count). The van der Waals surface area contributed by atoms with Gasteiger partial charge in [-0.15, -0.1) is 0 Å². The zero-order valence-corrected chi connectivity index (χ0v) is 25.7. The van der Waals surface area contributed by atoms with E-state index >= 15 is 0 Å². The van der Waals surface area contributed by atoms with Crippen molar-refractivity contribution in [2.75, 3.05) is 0 Å². The summed E-state index contributed by atoms with van der Waals surface area (Å²) in [5.74, 6) is 1.80. The maximum atomic E-state index is 5.23. The Morgan fingerprint density at radius 2 is 1.00 bits per heavy atom. The van der Waals surface area contributed by atoms with E-state index in [0.29, 0.717) is 17.6 Å². The number of nitrogens with zero attached hydrogens (tertiary/aromatic N) is 6. The molecule has 0 amide bonds. The van der Waals surface area contributed by atoms with Crippen molar-refractivity contribution in [1.29, 1.82) is 0 Å². The number of aromatic nitrogens is 6. The van der Waals surface area contributed by atoms with Crippen molar-refractivity contribution in [2.24, 2.45) is 0 Å². The van der Waals surface area contributed by atoms with Crippen molar-refractivity contribution in [3.8, 4) is 34.4 Å². The molecule has 4 heterocycles. The predicted molar refractivity (Wildman–Crippen MR) is 195 cm³/mol. The van der Waals surface area contributed by atoms with Crippen LogP contribution in [0.5, 0.6) is 0 Å². The van der Waals surface area contributed by atoms with E-state index in [9.17, 15) is 0 Å². The zero-order valence-electron chi connectivity index (χ0n) is 25.7. The molecule has 0 unspecified atom stereocenters. The molecule has 6 heteroatoms. The van der Waals surface area contributed by atoms with Crippen molar-refractivity contribution in [3.05, 3.63) is 158 Å². The van der Waals surface area contributed by atoms with Crippen LogP contribution >= 0.6 is 0 Å². The molecule has 0 N–H and O–H groups in total. The van der Waals surface area contributed by atoms with Crippen molar-refractivity contribution >= 4 is 54.5 Å². The first kappa shape index (κ1) is 26.5. The highest BCUT2D eigenvalue weighted by Gasteiger charge is 2.24. The average Bonchev–Trinajstić information content (AvgIpc) is 3.69. The standard InChI is InChI=1S/C42H26N6/c1-4-13-27(14-5-1)40-44-41(28-15-6-2-7-16-28)46-42(45-40)48-36-25-24-34-32(20-12-26-43-34)37(36)33-23-22-31-30-19-10-11-21-35(30)47(38(31)39(33)48)29-17-8-3-9-18-29/h1-26H. The van der Waals surface area contributed by atoms with Crippen LogP contribution in [0.2, 0.25) is 0 Å². The highest BCUT2D eigenvalue weighted by Crippen LogP contribution is 2.43. The predicted octanol–water partition coefficient (Wildman–Crippen LogP) is 9.95. The molecule has 0 bridgehead atoms. The van der Waals surface area contributed by atoms with Crippen molar-refractivity contribution in [3.63, 3.8) is 0 Å². The minimum Gasteiger partial charge on any atom is -0.307 e. The van der Waals surface area contributed by atoms with Gasteiger partial charge in [0.25, 0.3) is 0 Å². The van der Waals surface area contributed by atoms with Crippen LogP contribution in [0.4, 0.5) is 0 Å². The van der Waals surface area contributed by atoms with Gasteiger partial charge in [0.15, 0.2) is 11.6 Å². The Labute approximate surface area is 275 Å². The number of fused-ring (bicyclic) bond motifs is 9. The summed E-state index contributed by atoms with van der Waals surface area (Å²) >= 11 is 0. The lowest BCUT2D eigenvalue weighted by atomic mass is 10.1. The highest BCUT2D eigenvalue weighted by atomic mass is 15.2. The van der Waals surface area contributed by atoms with Crippen LogP contribution < -0.4 is 0 Å². The van der Waals surface area contributed by atoms with Gasteiger partial charge in [-0.1, -0.05) is 115 Å². The molecule has 224 valence electrons. The third-order valence-electron chi connectivity index (χ3n) is 9.21. The van der Waals surface area contributed by atoms with Gasteiger partial charge in [-0.2, -0.15) is 9.97 Å². The van der Waals surface area contributed by atoms with Crippen LogP contribution in [-0.4, -0.2) is 29.1 Å². The maximum Gasteiger partial charge on any atom is 0.238 e. The van der Waals surface area contributed by atoms with Crippen LogP contribution in [-0.2, 0) is 0 Å². The maximum absolute atomic E-state index is 5.23. The summed E-state index contributed by atoms with van der Waals surface area (Å²) in [6, 6.07) is 52.4. The van der Waals surface area contributed by atoms with Gasteiger partial charge in [0.1, 0.15) is 0 Å². The molecular weight excluding hydrogens is 589 g/mol. The first-order valence-electron chi connectivity index (χ1n) is 16.0. The number of para-hydroxylation sites is 2. The molecule has 0 aliphatic rings. The van der Waals surface area contributed by atoms with Crippen molar-refractivity contribution < 1.29 is 0 Å². The first-order valence-corrected chi connectivity index (χ1v) is 16.0. The summed E-state index contributed by atoms with van der Waals surface area (Å²) in [5, 5.41) is 5.66. The average molecular weight is 615 g/mol. The molecule has 0 aliphatic heterocycles. The van der Waals surface area contributed by atoms with Gasteiger partial charge >= 0.3 is 0 Å². The summed E-state index contributed by atoms with van der Waals surface area (Å²) in [7, 11) is 0. The fourth-order valence-corrected chi connectivity index (χ4v) is 7.15. The van der Waals surface area contributed by atoms with E-state index < -0.39 is 0 Å². The lowest BCUT2D eigenvalue weighted by molar-refractivity contribution is 0.953. The van der Waals surface area contributed by atoms with Gasteiger partial charge in [0, 0.05) is 49.9 Å². The van der Waals surface area contributed by atoms with Gasteiger partial charge in [0.05, 0.1) is 27.6 Å². The number of pyridine rings is 1. The van der Waals surface area contributed by atoms with E-state index in [1.54, 1.807) is 0 Å². The molecule has 0 radical (unpaired) electrons. The monoisotopic (exact) mass is 614 g/mol. The van der Waals surface area contributed by atoms with Crippen LogP contribution in [0.1, 0.15) is 0 Å². The highest BCUT2D eigenvalue weighted by molar-refractivity contribution is 6.28. The second kappa shape index (κ2) is 10.4. The summed E-state index contributed by atoms with van der Waals surface area (Å²) in [4.78, 5) is 20.2. The summed E-state index contributed by atoms with van der Waals surface area (Å²) in [5.41, 5.74) is 8.16. The lowest BCUT2D eigenvalue weighted by Gasteiger charge is -2.13. The number of hydrogen-bond donors (Lipinski definition) is 0. The molecule has 0 saturated heterocycles. The molecule has 48 heavy (non-hydrogen) atoms. The molecule has 6 nitrogen and oxygen atoms in total. The number of rotatable bonds is 4. The normalized spacial score (nSPS) is 11.8. The SMILES string of the molecule is c1ccc(-c2nc(-c3ccccc3)nc(-n3c4ccc5ncccc5c4c4ccc5c6ccccc6n(-c6ccccc6)c5c43)n2)cc1. The third-order valence-corrected chi connectivity index (χ3v) is 9.21. The molecule has 0 saturated carbocycles. The molecular formula is C42H26N6. The Hall–Kier alpha value is -6.66. The molecule has 4 aromatic heterocycles.